The van der Waals surface area contributed by atoms with Crippen LogP contribution in [-0.2, 0) is 19.4 Å². The summed E-state index contributed by atoms with van der Waals surface area (Å²) in [7, 11) is 0. The van der Waals surface area contributed by atoms with Crippen molar-refractivity contribution in [3.05, 3.63) is 11.6 Å². The Kier molecular flexibility index (Phi) is 3.33. The topological polar surface area (TPSA) is 71.2 Å². The summed E-state index contributed by atoms with van der Waals surface area (Å²) in [6.45, 7) is 1.27. The van der Waals surface area contributed by atoms with Crippen LogP contribution in [0.25, 0.3) is 0 Å². The van der Waals surface area contributed by atoms with Gasteiger partial charge in [0, 0.05) is 32.6 Å². The normalized spacial score (nSPS) is 20.3. The number of aromatic nitrogens is 3. The summed E-state index contributed by atoms with van der Waals surface area (Å²) in [4.78, 5) is 4.42. The maximum atomic E-state index is 9.07. The van der Waals surface area contributed by atoms with E-state index in [-0.39, 0.29) is 13.2 Å². The number of fused-ring (bicyclic) bond motifs is 1. The summed E-state index contributed by atoms with van der Waals surface area (Å²) in [5.41, 5.74) is 0. The summed E-state index contributed by atoms with van der Waals surface area (Å²) in [5, 5.41) is 22.2. The maximum absolute atomic E-state index is 9.07. The molecule has 0 bridgehead atoms. The molecule has 1 aromatic heterocycles. The Morgan fingerprint density at radius 3 is 3.00 bits per heavy atom. The average molecular weight is 211 g/mol. The molecule has 1 aromatic rings. The summed E-state index contributed by atoms with van der Waals surface area (Å²) in [6.07, 6.45) is 3.25. The number of rotatable bonds is 4. The third-order valence-electron chi connectivity index (χ3n) is 2.83. The molecule has 0 radical (unpaired) electrons. The van der Waals surface area contributed by atoms with Gasteiger partial charge in [0.05, 0.1) is 0 Å². The van der Waals surface area contributed by atoms with Crippen molar-refractivity contribution in [2.24, 2.45) is 5.92 Å². The van der Waals surface area contributed by atoms with Gasteiger partial charge in [-0.05, 0) is 18.8 Å². The highest BCUT2D eigenvalue weighted by Crippen LogP contribution is 2.18. The summed E-state index contributed by atoms with van der Waals surface area (Å²) in [5.74, 6) is 2.14. The number of aliphatic hydroxyl groups is 2. The Hall–Kier alpha value is -0.940. The molecule has 1 aliphatic heterocycles. The second-order valence-electron chi connectivity index (χ2n) is 4.04. The minimum atomic E-state index is 0.184. The van der Waals surface area contributed by atoms with E-state index in [4.69, 9.17) is 10.2 Å². The molecule has 1 unspecified atom stereocenters. The van der Waals surface area contributed by atoms with Gasteiger partial charge in [-0.1, -0.05) is 0 Å². The standard InChI is InChI=1S/C10H17N3O2/c14-5-1-2-9-11-10-6-8(7-15)3-4-13(10)12-9/h8,14-15H,1-7H2. The second-order valence-corrected chi connectivity index (χ2v) is 4.04. The van der Waals surface area contributed by atoms with Crippen LogP contribution in [0.1, 0.15) is 24.5 Å². The van der Waals surface area contributed by atoms with Crippen LogP contribution >= 0.6 is 0 Å². The van der Waals surface area contributed by atoms with Crippen molar-refractivity contribution in [1.82, 2.24) is 14.8 Å². The predicted octanol–water partition coefficient (Wildman–Crippen LogP) is -0.242. The first-order valence-electron chi connectivity index (χ1n) is 5.47. The smallest absolute Gasteiger partial charge is 0.151 e. The molecule has 0 aromatic carbocycles. The molecule has 0 spiro atoms. The number of hydrogen-bond acceptors (Lipinski definition) is 4. The lowest BCUT2D eigenvalue weighted by atomic mass is 9.99. The Morgan fingerprint density at radius 2 is 2.27 bits per heavy atom. The van der Waals surface area contributed by atoms with E-state index in [1.165, 1.54) is 0 Å². The largest absolute Gasteiger partial charge is 0.396 e. The van der Waals surface area contributed by atoms with E-state index in [9.17, 15) is 0 Å². The van der Waals surface area contributed by atoms with Gasteiger partial charge < -0.3 is 10.2 Å². The lowest BCUT2D eigenvalue weighted by Crippen LogP contribution is -2.22. The average Bonchev–Trinajstić information content (AvgIpc) is 2.67. The summed E-state index contributed by atoms with van der Waals surface area (Å²) in [6, 6.07) is 0. The molecule has 84 valence electrons. The third kappa shape index (κ3) is 2.35. The van der Waals surface area contributed by atoms with Crippen LogP contribution in [0.5, 0.6) is 0 Å². The van der Waals surface area contributed by atoms with E-state index in [2.05, 4.69) is 10.1 Å². The summed E-state index contributed by atoms with van der Waals surface area (Å²) < 4.78 is 1.93. The van der Waals surface area contributed by atoms with E-state index in [1.54, 1.807) is 0 Å². The van der Waals surface area contributed by atoms with E-state index < -0.39 is 0 Å². The zero-order valence-electron chi connectivity index (χ0n) is 8.76. The maximum Gasteiger partial charge on any atom is 0.151 e. The van der Waals surface area contributed by atoms with Gasteiger partial charge in [-0.2, -0.15) is 5.10 Å². The molecule has 1 aliphatic rings. The molecule has 2 heterocycles. The summed E-state index contributed by atoms with van der Waals surface area (Å²) >= 11 is 0. The highest BCUT2D eigenvalue weighted by Gasteiger charge is 2.20. The number of aliphatic hydroxyl groups excluding tert-OH is 2. The van der Waals surface area contributed by atoms with Crippen molar-refractivity contribution in [3.63, 3.8) is 0 Å². The van der Waals surface area contributed by atoms with Gasteiger partial charge in [0.15, 0.2) is 5.82 Å². The third-order valence-corrected chi connectivity index (χ3v) is 2.83. The van der Waals surface area contributed by atoms with Crippen LogP contribution in [0.2, 0.25) is 0 Å². The predicted molar refractivity (Wildman–Crippen MR) is 54.3 cm³/mol. The van der Waals surface area contributed by atoms with E-state index >= 15 is 0 Å². The van der Waals surface area contributed by atoms with Crippen LogP contribution < -0.4 is 0 Å². The fraction of sp³-hybridized carbons (Fsp3) is 0.800. The Balaban J connectivity index is 2.04. The molecule has 2 N–H and O–H groups in total. The zero-order chi connectivity index (χ0) is 10.7. The van der Waals surface area contributed by atoms with Crippen molar-refractivity contribution in [1.29, 1.82) is 0 Å². The molecule has 0 amide bonds. The van der Waals surface area contributed by atoms with Gasteiger partial charge >= 0.3 is 0 Å². The van der Waals surface area contributed by atoms with Crippen LogP contribution in [0.4, 0.5) is 0 Å². The molecule has 0 saturated heterocycles. The van der Waals surface area contributed by atoms with Crippen molar-refractivity contribution in [3.8, 4) is 0 Å². The fourth-order valence-electron chi connectivity index (χ4n) is 1.92. The molecule has 0 fully saturated rings. The Labute approximate surface area is 88.8 Å². The Morgan fingerprint density at radius 1 is 1.40 bits per heavy atom. The first-order chi connectivity index (χ1) is 7.33. The Bertz CT molecular complexity index is 324. The molecule has 5 heteroatoms. The quantitative estimate of drug-likeness (QED) is 0.721. The van der Waals surface area contributed by atoms with Gasteiger partial charge in [-0.3, -0.25) is 0 Å². The van der Waals surface area contributed by atoms with Gasteiger partial charge in [0.2, 0.25) is 0 Å². The number of hydrogen-bond donors (Lipinski definition) is 2. The first kappa shape index (κ1) is 10.6. The molecule has 2 rings (SSSR count). The molecule has 0 aliphatic carbocycles. The first-order valence-corrected chi connectivity index (χ1v) is 5.47. The molecular weight excluding hydrogens is 194 g/mol. The van der Waals surface area contributed by atoms with E-state index in [1.807, 2.05) is 4.68 Å². The minimum Gasteiger partial charge on any atom is -0.396 e. The fourth-order valence-corrected chi connectivity index (χ4v) is 1.92. The molecule has 0 saturated carbocycles. The monoisotopic (exact) mass is 211 g/mol. The van der Waals surface area contributed by atoms with Crippen LogP contribution in [0, 0.1) is 5.92 Å². The van der Waals surface area contributed by atoms with Gasteiger partial charge in [-0.15, -0.1) is 0 Å². The van der Waals surface area contributed by atoms with Crippen molar-refractivity contribution in [2.75, 3.05) is 13.2 Å². The highest BCUT2D eigenvalue weighted by atomic mass is 16.3. The van der Waals surface area contributed by atoms with E-state index in [0.717, 1.165) is 37.5 Å². The SMILES string of the molecule is OCCCc1nc2n(n1)CCC(CO)C2. The van der Waals surface area contributed by atoms with Crippen LogP contribution in [0.3, 0.4) is 0 Å². The van der Waals surface area contributed by atoms with Crippen LogP contribution in [-0.4, -0.2) is 38.2 Å². The lowest BCUT2D eigenvalue weighted by Gasteiger charge is -2.19. The molecule has 15 heavy (non-hydrogen) atoms. The van der Waals surface area contributed by atoms with E-state index in [0.29, 0.717) is 12.3 Å². The number of aryl methyl sites for hydroxylation is 2. The van der Waals surface area contributed by atoms with Crippen molar-refractivity contribution < 1.29 is 10.2 Å². The number of nitrogens with zero attached hydrogens (tertiary/aromatic N) is 3. The zero-order valence-corrected chi connectivity index (χ0v) is 8.76. The van der Waals surface area contributed by atoms with Gasteiger partial charge in [0.25, 0.3) is 0 Å². The highest BCUT2D eigenvalue weighted by molar-refractivity contribution is 4.97. The van der Waals surface area contributed by atoms with Gasteiger partial charge in [0.1, 0.15) is 5.82 Å². The van der Waals surface area contributed by atoms with Crippen molar-refractivity contribution >= 4 is 0 Å². The second kappa shape index (κ2) is 4.72. The molecule has 1 atom stereocenters. The van der Waals surface area contributed by atoms with Crippen molar-refractivity contribution in [2.45, 2.75) is 32.2 Å². The van der Waals surface area contributed by atoms with Crippen LogP contribution in [0.15, 0.2) is 0 Å². The molecule has 5 nitrogen and oxygen atoms in total. The minimum absolute atomic E-state index is 0.184. The lowest BCUT2D eigenvalue weighted by molar-refractivity contribution is 0.196. The van der Waals surface area contributed by atoms with Gasteiger partial charge in [-0.25, -0.2) is 9.67 Å². The molecular formula is C10H17N3O2.